The first-order valence-corrected chi connectivity index (χ1v) is 10.6. The minimum absolute atomic E-state index is 0.135. The maximum absolute atomic E-state index is 12.9. The molecule has 0 atom stereocenters. The van der Waals surface area contributed by atoms with Gasteiger partial charge in [0.05, 0.1) is 5.57 Å². The van der Waals surface area contributed by atoms with E-state index >= 15 is 0 Å². The van der Waals surface area contributed by atoms with Gasteiger partial charge in [-0.25, -0.2) is 0 Å². The van der Waals surface area contributed by atoms with Crippen molar-refractivity contribution in [3.05, 3.63) is 93.5 Å². The van der Waals surface area contributed by atoms with Crippen LogP contribution in [0.25, 0.3) is 29.5 Å². The topological polar surface area (TPSA) is 65.1 Å². The number of hydrogen-bond acceptors (Lipinski definition) is 4. The molecule has 0 bridgehead atoms. The molecule has 0 fully saturated rings. The number of carbonyl (C=O) groups excluding carboxylic acids is 2. The van der Waals surface area contributed by atoms with Crippen LogP contribution in [-0.2, 0) is 13.5 Å². The molecule has 4 aromatic rings. The fraction of sp³-hybridized carbons (Fsp3) is 0.148. The van der Waals surface area contributed by atoms with E-state index in [2.05, 4.69) is 4.98 Å². The minimum atomic E-state index is -0.254. The Balaban J connectivity index is 1.47. The van der Waals surface area contributed by atoms with Crippen molar-refractivity contribution in [1.29, 1.82) is 0 Å². The molecule has 0 spiro atoms. The van der Waals surface area contributed by atoms with Crippen molar-refractivity contribution >= 4 is 41.0 Å². The monoisotopic (exact) mass is 422 g/mol. The van der Waals surface area contributed by atoms with Crippen LogP contribution in [0.4, 0.5) is 0 Å². The van der Waals surface area contributed by atoms with Gasteiger partial charge in [0.2, 0.25) is 5.71 Å². The van der Waals surface area contributed by atoms with Gasteiger partial charge in [0, 0.05) is 24.2 Å². The van der Waals surface area contributed by atoms with Crippen LogP contribution in [0.15, 0.2) is 58.5 Å². The summed E-state index contributed by atoms with van der Waals surface area (Å²) in [5, 5.41) is 0. The van der Waals surface area contributed by atoms with Crippen LogP contribution in [0.1, 0.15) is 55.9 Å². The van der Waals surface area contributed by atoms with Crippen LogP contribution in [0, 0.1) is 6.92 Å². The van der Waals surface area contributed by atoms with E-state index < -0.39 is 0 Å². The highest BCUT2D eigenvalue weighted by atomic mass is 16.3. The summed E-state index contributed by atoms with van der Waals surface area (Å²) in [6.45, 7) is 4.00. The normalized spacial score (nSPS) is 14.9. The van der Waals surface area contributed by atoms with E-state index in [-0.39, 0.29) is 17.1 Å². The Kier molecular flexibility index (Phi) is 4.74. The van der Waals surface area contributed by atoms with Crippen molar-refractivity contribution in [1.82, 2.24) is 9.55 Å². The molecule has 2 aromatic carbocycles. The maximum atomic E-state index is 12.9. The second kappa shape index (κ2) is 7.61. The second-order valence-corrected chi connectivity index (χ2v) is 8.01. The van der Waals surface area contributed by atoms with Gasteiger partial charge in [0.15, 0.2) is 11.6 Å². The lowest BCUT2D eigenvalue weighted by Gasteiger charge is -2.04. The highest BCUT2D eigenvalue weighted by Gasteiger charge is 2.34. The van der Waals surface area contributed by atoms with E-state index in [0.29, 0.717) is 22.6 Å². The Hall–Kier alpha value is -3.99. The standard InChI is InChI=1S/C27H22N2O3/c1-4-18-13-21-20(12-16(18)2)25(30)22(26(21)31)14-19-15-23-27(32-19)28-24(29(23)3)11-10-17-8-6-5-7-9-17/h5-15H,4H2,1-3H3/b11-10+,22-14-. The molecule has 1 aliphatic rings. The predicted molar refractivity (Wildman–Crippen MR) is 126 cm³/mol. The lowest BCUT2D eigenvalue weighted by atomic mass is 9.99. The number of benzene rings is 2. The zero-order valence-corrected chi connectivity index (χ0v) is 18.2. The van der Waals surface area contributed by atoms with Gasteiger partial charge < -0.3 is 8.98 Å². The number of imidazole rings is 1. The van der Waals surface area contributed by atoms with Gasteiger partial charge in [0.1, 0.15) is 17.1 Å². The number of aryl methyl sites for hydroxylation is 3. The summed E-state index contributed by atoms with van der Waals surface area (Å²) in [7, 11) is 1.91. The second-order valence-electron chi connectivity index (χ2n) is 8.01. The molecule has 2 aromatic heterocycles. The molecular weight excluding hydrogens is 400 g/mol. The van der Waals surface area contributed by atoms with E-state index in [1.165, 1.54) is 6.08 Å². The SMILES string of the molecule is CCc1cc2c(cc1C)C(=O)/C(=C/c1cc3c(nc(/C=C/c4ccccc4)n3C)o1)C2=O. The smallest absolute Gasteiger partial charge is 0.245 e. The summed E-state index contributed by atoms with van der Waals surface area (Å²) in [6, 6.07) is 15.5. The lowest BCUT2D eigenvalue weighted by molar-refractivity contribution is 0.0990. The average molecular weight is 422 g/mol. The van der Waals surface area contributed by atoms with Crippen molar-refractivity contribution < 1.29 is 14.0 Å². The van der Waals surface area contributed by atoms with Gasteiger partial charge in [-0.15, -0.1) is 0 Å². The van der Waals surface area contributed by atoms with E-state index in [1.807, 2.05) is 86.1 Å². The van der Waals surface area contributed by atoms with Gasteiger partial charge in [0.25, 0.3) is 0 Å². The number of allylic oxidation sites excluding steroid dienone is 1. The average Bonchev–Trinajstić information content (AvgIpc) is 3.40. The summed E-state index contributed by atoms with van der Waals surface area (Å²) in [5.41, 5.74) is 5.53. The molecule has 5 rings (SSSR count). The summed E-state index contributed by atoms with van der Waals surface area (Å²) < 4.78 is 7.78. The predicted octanol–water partition coefficient (Wildman–Crippen LogP) is 5.67. The highest BCUT2D eigenvalue weighted by molar-refractivity contribution is 6.41. The number of hydrogen-bond donors (Lipinski definition) is 0. The molecule has 0 radical (unpaired) electrons. The van der Waals surface area contributed by atoms with Crippen LogP contribution < -0.4 is 0 Å². The third-order valence-electron chi connectivity index (χ3n) is 5.98. The largest absolute Gasteiger partial charge is 0.437 e. The van der Waals surface area contributed by atoms with Crippen LogP contribution in [0.3, 0.4) is 0 Å². The van der Waals surface area contributed by atoms with Gasteiger partial charge in [-0.1, -0.05) is 43.3 Å². The molecule has 0 N–H and O–H groups in total. The van der Waals surface area contributed by atoms with Crippen molar-refractivity contribution in [2.45, 2.75) is 20.3 Å². The number of nitrogens with zero attached hydrogens (tertiary/aromatic N) is 2. The Morgan fingerprint density at radius 3 is 2.41 bits per heavy atom. The fourth-order valence-electron chi connectivity index (χ4n) is 4.14. The number of fused-ring (bicyclic) bond motifs is 2. The first kappa shape index (κ1) is 19.9. The van der Waals surface area contributed by atoms with E-state index in [0.717, 1.165) is 34.5 Å². The number of furan rings is 1. The minimum Gasteiger partial charge on any atom is -0.437 e. The molecule has 158 valence electrons. The van der Waals surface area contributed by atoms with Crippen LogP contribution in [-0.4, -0.2) is 21.1 Å². The van der Waals surface area contributed by atoms with Crippen molar-refractivity contribution in [2.24, 2.45) is 7.05 Å². The highest BCUT2D eigenvalue weighted by Crippen LogP contribution is 2.31. The van der Waals surface area contributed by atoms with Crippen molar-refractivity contribution in [3.63, 3.8) is 0 Å². The number of ketones is 2. The Labute approximate surface area is 185 Å². The molecule has 0 unspecified atom stereocenters. The van der Waals surface area contributed by atoms with E-state index in [9.17, 15) is 9.59 Å². The number of rotatable bonds is 4. The fourth-order valence-corrected chi connectivity index (χ4v) is 4.14. The molecule has 2 heterocycles. The van der Waals surface area contributed by atoms with Crippen LogP contribution in [0.5, 0.6) is 0 Å². The van der Waals surface area contributed by atoms with Gasteiger partial charge in [-0.05, 0) is 54.3 Å². The first-order valence-electron chi connectivity index (χ1n) is 10.6. The lowest BCUT2D eigenvalue weighted by Crippen LogP contribution is -2.00. The van der Waals surface area contributed by atoms with Crippen LogP contribution in [0.2, 0.25) is 0 Å². The number of Topliss-reactive ketones (excluding diaryl/α,β-unsaturated/α-hetero) is 2. The third kappa shape index (κ3) is 3.23. The van der Waals surface area contributed by atoms with Gasteiger partial charge >= 0.3 is 0 Å². The van der Waals surface area contributed by atoms with E-state index in [4.69, 9.17) is 4.42 Å². The number of aromatic nitrogens is 2. The maximum Gasteiger partial charge on any atom is 0.245 e. The van der Waals surface area contributed by atoms with Gasteiger partial charge in [-0.2, -0.15) is 4.98 Å². The zero-order valence-electron chi connectivity index (χ0n) is 18.2. The molecule has 0 saturated heterocycles. The molecular formula is C27H22N2O3. The molecule has 32 heavy (non-hydrogen) atoms. The van der Waals surface area contributed by atoms with Gasteiger partial charge in [-0.3, -0.25) is 9.59 Å². The van der Waals surface area contributed by atoms with Crippen molar-refractivity contribution in [2.75, 3.05) is 0 Å². The molecule has 0 saturated carbocycles. The Morgan fingerprint density at radius 2 is 1.72 bits per heavy atom. The van der Waals surface area contributed by atoms with Crippen molar-refractivity contribution in [3.8, 4) is 0 Å². The third-order valence-corrected chi connectivity index (χ3v) is 5.98. The summed E-state index contributed by atoms with van der Waals surface area (Å²) in [4.78, 5) is 30.4. The summed E-state index contributed by atoms with van der Waals surface area (Å²) in [5.74, 6) is 0.689. The Morgan fingerprint density at radius 1 is 1.00 bits per heavy atom. The van der Waals surface area contributed by atoms with E-state index in [1.54, 1.807) is 0 Å². The molecule has 5 heteroatoms. The summed E-state index contributed by atoms with van der Waals surface area (Å²) >= 11 is 0. The zero-order chi connectivity index (χ0) is 22.4. The molecule has 5 nitrogen and oxygen atoms in total. The Bertz CT molecular complexity index is 1450. The first-order chi connectivity index (χ1) is 15.5. The molecule has 0 amide bonds. The molecule has 0 aliphatic heterocycles. The number of carbonyl (C=O) groups is 2. The molecule has 1 aliphatic carbocycles. The quantitative estimate of drug-likeness (QED) is 0.314. The van der Waals surface area contributed by atoms with Crippen LogP contribution >= 0.6 is 0 Å². The summed E-state index contributed by atoms with van der Waals surface area (Å²) in [6.07, 6.45) is 6.27.